The summed E-state index contributed by atoms with van der Waals surface area (Å²) in [7, 11) is 0. The van der Waals surface area contributed by atoms with Crippen LogP contribution in [0.2, 0.25) is 0 Å². The monoisotopic (exact) mass is 209 g/mol. The van der Waals surface area contributed by atoms with Crippen LogP contribution in [0.25, 0.3) is 0 Å². The molecule has 2 rings (SSSR count). The lowest BCUT2D eigenvalue weighted by Crippen LogP contribution is -2.35. The van der Waals surface area contributed by atoms with E-state index >= 15 is 0 Å². The fraction of sp³-hybridized carbons (Fsp3) is 0.727. The van der Waals surface area contributed by atoms with Gasteiger partial charge in [0.1, 0.15) is 5.76 Å². The van der Waals surface area contributed by atoms with E-state index in [4.69, 9.17) is 10.3 Å². The molecule has 1 atom stereocenters. The zero-order valence-corrected chi connectivity index (χ0v) is 9.28. The number of hydrogen-bond donors (Lipinski definition) is 1. The Hall–Kier alpha value is -1.03. The molecule has 15 heavy (non-hydrogen) atoms. The summed E-state index contributed by atoms with van der Waals surface area (Å²) >= 11 is 0. The smallest absolute Gasteiger partial charge is 0.167 e. The van der Waals surface area contributed by atoms with Gasteiger partial charge in [0.05, 0.1) is 0 Å². The molecule has 2 heterocycles. The quantitative estimate of drug-likeness (QED) is 0.820. The van der Waals surface area contributed by atoms with Crippen LogP contribution in [0.5, 0.6) is 0 Å². The van der Waals surface area contributed by atoms with Crippen LogP contribution in [0, 0.1) is 5.92 Å². The number of likely N-dealkylation sites (tertiary alicyclic amines) is 1. The van der Waals surface area contributed by atoms with Crippen molar-refractivity contribution in [3.63, 3.8) is 0 Å². The average molecular weight is 209 g/mol. The summed E-state index contributed by atoms with van der Waals surface area (Å²) in [4.78, 5) is 2.49. The van der Waals surface area contributed by atoms with E-state index in [1.165, 1.54) is 25.9 Å². The molecule has 1 aliphatic heterocycles. The lowest BCUT2D eigenvalue weighted by molar-refractivity contribution is 0.175. The predicted molar refractivity (Wildman–Crippen MR) is 59.5 cm³/mol. The lowest BCUT2D eigenvalue weighted by atomic mass is 9.94. The SMILES string of the molecule is CCN1CCCC(Cc2cc(N)no2)C1. The van der Waals surface area contributed by atoms with Crippen LogP contribution in [-0.4, -0.2) is 29.7 Å². The summed E-state index contributed by atoms with van der Waals surface area (Å²) < 4.78 is 5.14. The molecule has 1 aliphatic rings. The van der Waals surface area contributed by atoms with Crippen molar-refractivity contribution in [2.24, 2.45) is 5.92 Å². The van der Waals surface area contributed by atoms with Crippen LogP contribution < -0.4 is 5.73 Å². The summed E-state index contributed by atoms with van der Waals surface area (Å²) in [6.45, 7) is 5.78. The minimum absolute atomic E-state index is 0.494. The first-order valence-electron chi connectivity index (χ1n) is 5.71. The molecule has 4 nitrogen and oxygen atoms in total. The zero-order chi connectivity index (χ0) is 10.7. The molecular formula is C11H19N3O. The Kier molecular flexibility index (Phi) is 3.26. The van der Waals surface area contributed by atoms with Crippen molar-refractivity contribution >= 4 is 5.82 Å². The van der Waals surface area contributed by atoms with Crippen LogP contribution in [0.4, 0.5) is 5.82 Å². The van der Waals surface area contributed by atoms with Gasteiger partial charge in [-0.25, -0.2) is 0 Å². The van der Waals surface area contributed by atoms with Gasteiger partial charge < -0.3 is 15.2 Å². The number of hydrogen-bond acceptors (Lipinski definition) is 4. The highest BCUT2D eigenvalue weighted by atomic mass is 16.5. The minimum atomic E-state index is 0.494. The van der Waals surface area contributed by atoms with E-state index in [9.17, 15) is 0 Å². The first kappa shape index (κ1) is 10.5. The summed E-state index contributed by atoms with van der Waals surface area (Å²) in [5.41, 5.74) is 5.52. The predicted octanol–water partition coefficient (Wildman–Crippen LogP) is 1.53. The minimum Gasteiger partial charge on any atom is -0.381 e. The Morgan fingerprint density at radius 1 is 1.67 bits per heavy atom. The largest absolute Gasteiger partial charge is 0.381 e. The van der Waals surface area contributed by atoms with E-state index in [2.05, 4.69) is 17.0 Å². The molecule has 0 aromatic carbocycles. The van der Waals surface area contributed by atoms with E-state index in [0.29, 0.717) is 11.7 Å². The van der Waals surface area contributed by atoms with Gasteiger partial charge in [0.25, 0.3) is 0 Å². The maximum atomic E-state index is 5.52. The second kappa shape index (κ2) is 4.66. The van der Waals surface area contributed by atoms with Gasteiger partial charge in [0.15, 0.2) is 5.82 Å². The molecule has 0 aliphatic carbocycles. The van der Waals surface area contributed by atoms with Crippen LogP contribution in [-0.2, 0) is 6.42 Å². The molecule has 1 aromatic rings. The van der Waals surface area contributed by atoms with E-state index in [1.807, 2.05) is 6.07 Å². The van der Waals surface area contributed by atoms with Crippen molar-refractivity contribution in [1.82, 2.24) is 10.1 Å². The van der Waals surface area contributed by atoms with Gasteiger partial charge in [-0.1, -0.05) is 12.1 Å². The Balaban J connectivity index is 1.88. The standard InChI is InChI=1S/C11H19N3O/c1-2-14-5-3-4-9(8-14)6-10-7-11(12)13-15-10/h7,9H,2-6,8H2,1H3,(H2,12,13). The van der Waals surface area contributed by atoms with Gasteiger partial charge in [-0.15, -0.1) is 0 Å². The van der Waals surface area contributed by atoms with E-state index in [0.717, 1.165) is 18.7 Å². The van der Waals surface area contributed by atoms with Gasteiger partial charge in [-0.05, 0) is 31.8 Å². The van der Waals surface area contributed by atoms with Crippen LogP contribution in [0.1, 0.15) is 25.5 Å². The highest BCUT2D eigenvalue weighted by Crippen LogP contribution is 2.21. The van der Waals surface area contributed by atoms with Crippen molar-refractivity contribution in [1.29, 1.82) is 0 Å². The molecule has 1 fully saturated rings. The Labute approximate surface area is 90.4 Å². The lowest BCUT2D eigenvalue weighted by Gasteiger charge is -2.31. The molecule has 0 amide bonds. The molecule has 1 saturated heterocycles. The summed E-state index contributed by atoms with van der Waals surface area (Å²) in [5.74, 6) is 2.12. The fourth-order valence-electron chi connectivity index (χ4n) is 2.31. The Morgan fingerprint density at radius 2 is 2.53 bits per heavy atom. The van der Waals surface area contributed by atoms with Crippen molar-refractivity contribution in [3.8, 4) is 0 Å². The third kappa shape index (κ3) is 2.72. The third-order valence-corrected chi connectivity index (χ3v) is 3.12. The highest BCUT2D eigenvalue weighted by molar-refractivity contribution is 5.26. The number of nitrogen functional groups attached to an aromatic ring is 1. The zero-order valence-electron chi connectivity index (χ0n) is 9.28. The van der Waals surface area contributed by atoms with Gasteiger partial charge in [0.2, 0.25) is 0 Å². The first-order valence-corrected chi connectivity index (χ1v) is 5.71. The van der Waals surface area contributed by atoms with E-state index in [-0.39, 0.29) is 0 Å². The van der Waals surface area contributed by atoms with Gasteiger partial charge >= 0.3 is 0 Å². The first-order chi connectivity index (χ1) is 7.28. The van der Waals surface area contributed by atoms with Crippen LogP contribution in [0.15, 0.2) is 10.6 Å². The number of anilines is 1. The average Bonchev–Trinajstić information content (AvgIpc) is 2.64. The van der Waals surface area contributed by atoms with Crippen molar-refractivity contribution in [3.05, 3.63) is 11.8 Å². The van der Waals surface area contributed by atoms with Crippen molar-refractivity contribution < 1.29 is 4.52 Å². The second-order valence-corrected chi connectivity index (χ2v) is 4.32. The normalized spacial score (nSPS) is 23.1. The maximum Gasteiger partial charge on any atom is 0.167 e. The Morgan fingerprint density at radius 3 is 3.20 bits per heavy atom. The van der Waals surface area contributed by atoms with E-state index in [1.54, 1.807) is 0 Å². The van der Waals surface area contributed by atoms with Gasteiger partial charge in [-0.2, -0.15) is 0 Å². The molecule has 4 heteroatoms. The fourth-order valence-corrected chi connectivity index (χ4v) is 2.31. The summed E-state index contributed by atoms with van der Waals surface area (Å²) in [6.07, 6.45) is 3.56. The number of nitrogens with zero attached hydrogens (tertiary/aromatic N) is 2. The molecule has 1 aromatic heterocycles. The molecule has 0 spiro atoms. The van der Waals surface area contributed by atoms with Gasteiger partial charge in [0, 0.05) is 19.0 Å². The molecule has 0 saturated carbocycles. The third-order valence-electron chi connectivity index (χ3n) is 3.12. The molecule has 0 bridgehead atoms. The van der Waals surface area contributed by atoms with Crippen LogP contribution >= 0.6 is 0 Å². The maximum absolute atomic E-state index is 5.52. The summed E-state index contributed by atoms with van der Waals surface area (Å²) in [5, 5.41) is 3.71. The van der Waals surface area contributed by atoms with Crippen LogP contribution in [0.3, 0.4) is 0 Å². The Bertz CT molecular complexity index is 311. The molecule has 84 valence electrons. The molecule has 0 radical (unpaired) electrons. The topological polar surface area (TPSA) is 55.3 Å². The van der Waals surface area contributed by atoms with Crippen molar-refractivity contribution in [2.45, 2.75) is 26.2 Å². The molecule has 2 N–H and O–H groups in total. The summed E-state index contributed by atoms with van der Waals surface area (Å²) in [6, 6.07) is 1.84. The molecule has 1 unspecified atom stereocenters. The molecular weight excluding hydrogens is 190 g/mol. The van der Waals surface area contributed by atoms with Gasteiger partial charge in [-0.3, -0.25) is 0 Å². The number of rotatable bonds is 3. The number of nitrogens with two attached hydrogens (primary N) is 1. The number of piperidine rings is 1. The van der Waals surface area contributed by atoms with E-state index < -0.39 is 0 Å². The highest BCUT2D eigenvalue weighted by Gasteiger charge is 2.20. The second-order valence-electron chi connectivity index (χ2n) is 4.32. The van der Waals surface area contributed by atoms with Crippen molar-refractivity contribution in [2.75, 3.05) is 25.4 Å². The number of aromatic nitrogens is 1.